The number of carbonyl (C=O) groups is 1. The third kappa shape index (κ3) is 5.37. The van der Waals surface area contributed by atoms with Crippen molar-refractivity contribution in [2.24, 2.45) is 0 Å². The largest absolute Gasteiger partial charge is 0.351 e. The summed E-state index contributed by atoms with van der Waals surface area (Å²) in [6, 6.07) is 22.5. The summed E-state index contributed by atoms with van der Waals surface area (Å²) in [5.41, 5.74) is 1.75. The molecule has 150 valence electrons. The van der Waals surface area contributed by atoms with Crippen molar-refractivity contribution in [3.8, 4) is 0 Å². The Balaban J connectivity index is 1.75. The summed E-state index contributed by atoms with van der Waals surface area (Å²) < 4.78 is 27.9. The molecule has 0 fully saturated rings. The van der Waals surface area contributed by atoms with Gasteiger partial charge in [0, 0.05) is 17.8 Å². The fourth-order valence-electron chi connectivity index (χ4n) is 2.81. The number of rotatable bonds is 7. The number of nitrogens with one attached hydrogen (secondary N) is 2. The first kappa shape index (κ1) is 20.9. The summed E-state index contributed by atoms with van der Waals surface area (Å²) >= 11 is 6.11. The van der Waals surface area contributed by atoms with Gasteiger partial charge in [0.05, 0.1) is 5.02 Å². The predicted molar refractivity (Wildman–Crippen MR) is 116 cm³/mol. The smallest absolute Gasteiger partial charge is 0.263 e. The first-order chi connectivity index (χ1) is 13.9. The highest BCUT2D eigenvalue weighted by atomic mass is 35.5. The number of anilines is 1. The molecule has 0 aliphatic carbocycles. The molecule has 2 N–H and O–H groups in total. The molecule has 3 aromatic rings. The van der Waals surface area contributed by atoms with Crippen LogP contribution in [0.5, 0.6) is 0 Å². The van der Waals surface area contributed by atoms with Gasteiger partial charge in [-0.3, -0.25) is 9.52 Å². The number of amides is 1. The molecule has 0 radical (unpaired) electrons. The van der Waals surface area contributed by atoms with E-state index in [1.54, 1.807) is 30.3 Å². The third-order valence-electron chi connectivity index (χ3n) is 4.45. The molecular weight excluding hydrogens is 408 g/mol. The lowest BCUT2D eigenvalue weighted by Crippen LogP contribution is -2.27. The minimum absolute atomic E-state index is 0.0441. The average molecular weight is 429 g/mol. The molecule has 0 unspecified atom stereocenters. The number of hydrogen-bond acceptors (Lipinski definition) is 3. The Morgan fingerprint density at radius 3 is 2.24 bits per heavy atom. The van der Waals surface area contributed by atoms with E-state index >= 15 is 0 Å². The predicted octanol–water partition coefficient (Wildman–Crippen LogP) is 4.67. The van der Waals surface area contributed by atoms with Gasteiger partial charge in [-0.2, -0.15) is 0 Å². The molecule has 7 heteroatoms. The van der Waals surface area contributed by atoms with Crippen molar-refractivity contribution in [1.29, 1.82) is 0 Å². The number of carbonyl (C=O) groups excluding carboxylic acids is 1. The van der Waals surface area contributed by atoms with E-state index in [0.717, 1.165) is 5.56 Å². The van der Waals surface area contributed by atoms with Crippen molar-refractivity contribution < 1.29 is 13.2 Å². The Kier molecular flexibility index (Phi) is 6.56. The fourth-order valence-corrected chi connectivity index (χ4v) is 4.40. The van der Waals surface area contributed by atoms with Crippen LogP contribution in [-0.4, -0.2) is 20.9 Å². The second-order valence-corrected chi connectivity index (χ2v) is 8.70. The number of hydrogen-bond donors (Lipinski definition) is 2. The maximum atomic E-state index is 12.7. The average Bonchev–Trinajstić information content (AvgIpc) is 2.73. The standard InChI is InChI=1S/C22H21ClN2O3S/c1-16(17-8-4-2-5-9-17)15-24-22(26)18-12-13-20(23)21(14-18)29(27,28)25-19-10-6-3-7-11-19/h2-14,16,25H,15H2,1H3,(H,24,26)/t16-/m1/s1. The van der Waals surface area contributed by atoms with Crippen LogP contribution in [0.4, 0.5) is 5.69 Å². The fraction of sp³-hybridized carbons (Fsp3) is 0.136. The van der Waals surface area contributed by atoms with Crippen molar-refractivity contribution in [2.75, 3.05) is 11.3 Å². The van der Waals surface area contributed by atoms with Gasteiger partial charge in [0.2, 0.25) is 0 Å². The molecule has 0 saturated carbocycles. The number of para-hydroxylation sites is 1. The first-order valence-electron chi connectivity index (χ1n) is 9.07. The third-order valence-corrected chi connectivity index (χ3v) is 6.31. The lowest BCUT2D eigenvalue weighted by Gasteiger charge is -2.14. The van der Waals surface area contributed by atoms with Crippen LogP contribution in [0.3, 0.4) is 0 Å². The minimum atomic E-state index is -3.94. The van der Waals surface area contributed by atoms with Crippen molar-refractivity contribution >= 4 is 33.2 Å². The van der Waals surface area contributed by atoms with Gasteiger partial charge >= 0.3 is 0 Å². The van der Waals surface area contributed by atoms with E-state index in [4.69, 9.17) is 11.6 Å². The van der Waals surface area contributed by atoms with Crippen LogP contribution in [-0.2, 0) is 10.0 Å². The summed E-state index contributed by atoms with van der Waals surface area (Å²) in [6.45, 7) is 2.44. The second kappa shape index (κ2) is 9.11. The first-order valence-corrected chi connectivity index (χ1v) is 10.9. The van der Waals surface area contributed by atoms with Crippen LogP contribution in [0.25, 0.3) is 0 Å². The molecule has 1 atom stereocenters. The molecule has 0 aliphatic heterocycles. The monoisotopic (exact) mass is 428 g/mol. The second-order valence-electron chi connectivity index (χ2n) is 6.64. The van der Waals surface area contributed by atoms with E-state index in [1.165, 1.54) is 18.2 Å². The van der Waals surface area contributed by atoms with Crippen molar-refractivity contribution in [2.45, 2.75) is 17.7 Å². The van der Waals surface area contributed by atoms with E-state index in [-0.39, 0.29) is 27.3 Å². The number of sulfonamides is 1. The maximum absolute atomic E-state index is 12.7. The van der Waals surface area contributed by atoms with Gasteiger partial charge in [0.15, 0.2) is 0 Å². The molecule has 0 heterocycles. The Hall–Kier alpha value is -2.83. The van der Waals surface area contributed by atoms with Crippen LogP contribution >= 0.6 is 11.6 Å². The quantitative estimate of drug-likeness (QED) is 0.574. The van der Waals surface area contributed by atoms with Crippen molar-refractivity contribution in [3.05, 3.63) is 95.0 Å². The Morgan fingerprint density at radius 1 is 0.966 bits per heavy atom. The Morgan fingerprint density at radius 2 is 1.59 bits per heavy atom. The number of benzene rings is 3. The molecular formula is C22H21ClN2O3S. The van der Waals surface area contributed by atoms with Crippen molar-refractivity contribution in [1.82, 2.24) is 5.32 Å². The lowest BCUT2D eigenvalue weighted by atomic mass is 10.0. The van der Waals surface area contributed by atoms with Crippen LogP contribution in [0, 0.1) is 0 Å². The van der Waals surface area contributed by atoms with Gasteiger partial charge in [-0.1, -0.05) is 67.1 Å². The molecule has 3 aromatic carbocycles. The molecule has 0 bridgehead atoms. The zero-order valence-electron chi connectivity index (χ0n) is 15.8. The van der Waals surface area contributed by atoms with Gasteiger partial charge in [-0.15, -0.1) is 0 Å². The van der Waals surface area contributed by atoms with Gasteiger partial charge < -0.3 is 5.32 Å². The summed E-state index contributed by atoms with van der Waals surface area (Å²) in [4.78, 5) is 12.4. The van der Waals surface area contributed by atoms with Gasteiger partial charge in [0.25, 0.3) is 15.9 Å². The Bertz CT molecular complexity index is 1090. The SMILES string of the molecule is C[C@H](CNC(=O)c1ccc(Cl)c(S(=O)(=O)Nc2ccccc2)c1)c1ccccc1. The highest BCUT2D eigenvalue weighted by Crippen LogP contribution is 2.25. The van der Waals surface area contributed by atoms with Gasteiger partial charge in [0.1, 0.15) is 4.90 Å². The highest BCUT2D eigenvalue weighted by molar-refractivity contribution is 7.92. The maximum Gasteiger partial charge on any atom is 0.263 e. The summed E-state index contributed by atoms with van der Waals surface area (Å²) in [6.07, 6.45) is 0. The normalized spacial score (nSPS) is 12.2. The van der Waals surface area contributed by atoms with Crippen LogP contribution in [0.2, 0.25) is 5.02 Å². The van der Waals surface area contributed by atoms with Gasteiger partial charge in [-0.05, 0) is 41.8 Å². The van der Waals surface area contributed by atoms with Crippen LogP contribution in [0.1, 0.15) is 28.8 Å². The molecule has 29 heavy (non-hydrogen) atoms. The number of halogens is 1. The van der Waals surface area contributed by atoms with E-state index in [1.807, 2.05) is 37.3 Å². The molecule has 3 rings (SSSR count). The summed E-state index contributed by atoms with van der Waals surface area (Å²) in [5.74, 6) is -0.240. The zero-order chi connectivity index (χ0) is 20.9. The molecule has 1 amide bonds. The summed E-state index contributed by atoms with van der Waals surface area (Å²) in [5, 5.41) is 2.89. The molecule has 0 spiro atoms. The van der Waals surface area contributed by atoms with E-state index < -0.39 is 10.0 Å². The highest BCUT2D eigenvalue weighted by Gasteiger charge is 2.20. The minimum Gasteiger partial charge on any atom is -0.351 e. The van der Waals surface area contributed by atoms with Crippen molar-refractivity contribution in [3.63, 3.8) is 0 Å². The van der Waals surface area contributed by atoms with E-state index in [9.17, 15) is 13.2 Å². The topological polar surface area (TPSA) is 75.3 Å². The molecule has 0 saturated heterocycles. The van der Waals surface area contributed by atoms with E-state index in [2.05, 4.69) is 10.0 Å². The van der Waals surface area contributed by atoms with Crippen LogP contribution in [0.15, 0.2) is 83.8 Å². The Labute approximate surface area is 175 Å². The zero-order valence-corrected chi connectivity index (χ0v) is 17.4. The van der Waals surface area contributed by atoms with Gasteiger partial charge in [-0.25, -0.2) is 8.42 Å². The summed E-state index contributed by atoms with van der Waals surface area (Å²) in [7, 11) is -3.94. The molecule has 0 aromatic heterocycles. The molecule has 5 nitrogen and oxygen atoms in total. The lowest BCUT2D eigenvalue weighted by molar-refractivity contribution is 0.0951. The van der Waals surface area contributed by atoms with Crippen LogP contribution < -0.4 is 10.0 Å². The molecule has 0 aliphatic rings. The van der Waals surface area contributed by atoms with E-state index in [0.29, 0.717) is 12.2 Å².